The highest BCUT2D eigenvalue weighted by Crippen LogP contribution is 2.47. The molecule has 188 valence electrons. The van der Waals surface area contributed by atoms with E-state index in [-0.39, 0.29) is 11.1 Å². The molecule has 0 fully saturated rings. The van der Waals surface area contributed by atoms with Crippen LogP contribution in [0.15, 0.2) is 84.9 Å². The SMILES string of the molecule is CCCCc1cc(CCC)c(-c2ccccc2C(=O)O)c(-c2ccccc2C(=O)O)c1-c1ccccc1. The standard InChI is InChI=1S/C33H32O4/c1-3-5-14-24-21-23(13-4-2)30(25-17-9-11-19-27(25)32(34)35)31(29(24)22-15-7-6-8-16-22)26-18-10-12-20-28(26)33(36)37/h6-12,15-21H,3-5,13-14H2,1-2H3,(H,34,35)(H,36,37). The van der Waals surface area contributed by atoms with E-state index in [4.69, 9.17) is 0 Å². The van der Waals surface area contributed by atoms with E-state index in [1.807, 2.05) is 54.6 Å². The second kappa shape index (κ2) is 11.7. The Morgan fingerprint density at radius 3 is 1.65 bits per heavy atom. The third-order valence-corrected chi connectivity index (χ3v) is 6.73. The number of benzene rings is 4. The minimum Gasteiger partial charge on any atom is -0.478 e. The molecule has 0 aliphatic carbocycles. The maximum absolute atomic E-state index is 12.4. The molecule has 4 rings (SSSR count). The predicted molar refractivity (Wildman–Crippen MR) is 149 cm³/mol. The number of rotatable bonds is 10. The lowest BCUT2D eigenvalue weighted by Crippen LogP contribution is -2.08. The zero-order valence-electron chi connectivity index (χ0n) is 21.3. The molecule has 0 spiro atoms. The van der Waals surface area contributed by atoms with E-state index in [1.165, 1.54) is 0 Å². The average Bonchev–Trinajstić information content (AvgIpc) is 2.92. The van der Waals surface area contributed by atoms with Crippen LogP contribution in [0.2, 0.25) is 0 Å². The first kappa shape index (κ1) is 25.9. The lowest BCUT2D eigenvalue weighted by molar-refractivity contribution is 0.0686. The quantitative estimate of drug-likeness (QED) is 0.233. The minimum absolute atomic E-state index is 0.198. The zero-order chi connectivity index (χ0) is 26.4. The molecule has 0 saturated carbocycles. The topological polar surface area (TPSA) is 74.6 Å². The van der Waals surface area contributed by atoms with E-state index in [2.05, 4.69) is 19.9 Å². The van der Waals surface area contributed by atoms with Crippen molar-refractivity contribution < 1.29 is 19.8 Å². The molecule has 0 bridgehead atoms. The number of carbonyl (C=O) groups is 2. The monoisotopic (exact) mass is 492 g/mol. The van der Waals surface area contributed by atoms with Gasteiger partial charge in [0, 0.05) is 0 Å². The van der Waals surface area contributed by atoms with Crippen LogP contribution in [0.4, 0.5) is 0 Å². The Morgan fingerprint density at radius 1 is 0.595 bits per heavy atom. The Labute approximate surface area is 218 Å². The van der Waals surface area contributed by atoms with Crippen LogP contribution in [0.25, 0.3) is 33.4 Å². The summed E-state index contributed by atoms with van der Waals surface area (Å²) in [5, 5.41) is 20.3. The Kier molecular flexibility index (Phi) is 8.19. The van der Waals surface area contributed by atoms with Crippen molar-refractivity contribution in [1.82, 2.24) is 0 Å². The molecule has 0 unspecified atom stereocenters. The molecule has 0 saturated heterocycles. The van der Waals surface area contributed by atoms with Crippen LogP contribution in [-0.2, 0) is 12.8 Å². The van der Waals surface area contributed by atoms with Crippen LogP contribution < -0.4 is 0 Å². The third kappa shape index (κ3) is 5.34. The van der Waals surface area contributed by atoms with Gasteiger partial charge in [0.25, 0.3) is 0 Å². The molecular formula is C33H32O4. The number of carboxylic acid groups (broad SMARTS) is 2. The van der Waals surface area contributed by atoms with Crippen molar-refractivity contribution in [2.45, 2.75) is 46.0 Å². The molecular weight excluding hydrogens is 460 g/mol. The average molecular weight is 493 g/mol. The van der Waals surface area contributed by atoms with E-state index < -0.39 is 11.9 Å². The Balaban J connectivity index is 2.27. The zero-order valence-corrected chi connectivity index (χ0v) is 21.3. The van der Waals surface area contributed by atoms with E-state index in [0.29, 0.717) is 11.1 Å². The van der Waals surface area contributed by atoms with Crippen LogP contribution in [-0.4, -0.2) is 22.2 Å². The second-order valence-corrected chi connectivity index (χ2v) is 9.24. The molecule has 0 heterocycles. The predicted octanol–water partition coefficient (Wildman–Crippen LogP) is 8.38. The molecule has 0 atom stereocenters. The molecule has 4 aromatic carbocycles. The molecule has 2 N–H and O–H groups in total. The highest BCUT2D eigenvalue weighted by molar-refractivity contribution is 6.07. The molecule has 0 amide bonds. The Bertz CT molecular complexity index is 1420. The van der Waals surface area contributed by atoms with Crippen LogP contribution in [0, 0.1) is 0 Å². The first-order valence-corrected chi connectivity index (χ1v) is 12.9. The fraction of sp³-hybridized carbons (Fsp3) is 0.212. The number of hydrogen-bond acceptors (Lipinski definition) is 2. The van der Waals surface area contributed by atoms with Crippen molar-refractivity contribution >= 4 is 11.9 Å². The van der Waals surface area contributed by atoms with Crippen molar-refractivity contribution in [3.63, 3.8) is 0 Å². The molecule has 0 aromatic heterocycles. The van der Waals surface area contributed by atoms with Crippen LogP contribution in [0.1, 0.15) is 65.0 Å². The van der Waals surface area contributed by atoms with E-state index >= 15 is 0 Å². The van der Waals surface area contributed by atoms with Gasteiger partial charge < -0.3 is 10.2 Å². The van der Waals surface area contributed by atoms with Gasteiger partial charge in [-0.25, -0.2) is 9.59 Å². The lowest BCUT2D eigenvalue weighted by Gasteiger charge is -2.25. The van der Waals surface area contributed by atoms with Gasteiger partial charge in [-0.15, -0.1) is 0 Å². The van der Waals surface area contributed by atoms with Gasteiger partial charge in [-0.1, -0.05) is 99.5 Å². The molecule has 0 radical (unpaired) electrons. The number of aryl methyl sites for hydroxylation is 2. The molecule has 4 nitrogen and oxygen atoms in total. The van der Waals surface area contributed by atoms with E-state index in [9.17, 15) is 19.8 Å². The van der Waals surface area contributed by atoms with Gasteiger partial charge in [0.15, 0.2) is 0 Å². The van der Waals surface area contributed by atoms with Gasteiger partial charge in [0.1, 0.15) is 0 Å². The fourth-order valence-electron chi connectivity index (χ4n) is 5.12. The summed E-state index contributed by atoms with van der Waals surface area (Å²) in [4.78, 5) is 24.8. The third-order valence-electron chi connectivity index (χ3n) is 6.73. The maximum Gasteiger partial charge on any atom is 0.336 e. The normalized spacial score (nSPS) is 10.9. The number of carboxylic acids is 2. The van der Waals surface area contributed by atoms with Gasteiger partial charge in [-0.2, -0.15) is 0 Å². The van der Waals surface area contributed by atoms with Crippen LogP contribution >= 0.6 is 0 Å². The van der Waals surface area contributed by atoms with Crippen molar-refractivity contribution in [1.29, 1.82) is 0 Å². The summed E-state index contributed by atoms with van der Waals surface area (Å²) < 4.78 is 0. The minimum atomic E-state index is -1.01. The van der Waals surface area contributed by atoms with E-state index in [1.54, 1.807) is 24.3 Å². The van der Waals surface area contributed by atoms with Crippen molar-refractivity contribution in [2.24, 2.45) is 0 Å². The van der Waals surface area contributed by atoms with Crippen molar-refractivity contribution in [3.8, 4) is 33.4 Å². The number of aromatic carboxylic acids is 2. The van der Waals surface area contributed by atoms with Crippen LogP contribution in [0.3, 0.4) is 0 Å². The van der Waals surface area contributed by atoms with Gasteiger partial charge in [0.2, 0.25) is 0 Å². The lowest BCUT2D eigenvalue weighted by atomic mass is 9.78. The van der Waals surface area contributed by atoms with Gasteiger partial charge in [-0.05, 0) is 75.9 Å². The molecule has 4 aromatic rings. The largest absolute Gasteiger partial charge is 0.478 e. The summed E-state index contributed by atoms with van der Waals surface area (Å²) in [6.07, 6.45) is 4.50. The summed E-state index contributed by atoms with van der Waals surface area (Å²) in [5.41, 5.74) is 7.34. The summed E-state index contributed by atoms with van der Waals surface area (Å²) in [6.45, 7) is 4.27. The first-order chi connectivity index (χ1) is 18.0. The van der Waals surface area contributed by atoms with Gasteiger partial charge in [-0.3, -0.25) is 0 Å². The summed E-state index contributed by atoms with van der Waals surface area (Å²) in [6, 6.07) is 26.3. The molecule has 0 aliphatic heterocycles. The first-order valence-electron chi connectivity index (χ1n) is 12.9. The summed E-state index contributed by atoms with van der Waals surface area (Å²) in [7, 11) is 0. The summed E-state index contributed by atoms with van der Waals surface area (Å²) >= 11 is 0. The Hall–Kier alpha value is -4.18. The van der Waals surface area contributed by atoms with E-state index in [0.717, 1.165) is 65.5 Å². The highest BCUT2D eigenvalue weighted by atomic mass is 16.4. The highest BCUT2D eigenvalue weighted by Gasteiger charge is 2.26. The second-order valence-electron chi connectivity index (χ2n) is 9.24. The van der Waals surface area contributed by atoms with Gasteiger partial charge >= 0.3 is 11.9 Å². The molecule has 4 heteroatoms. The number of unbranched alkanes of at least 4 members (excludes halogenated alkanes) is 1. The maximum atomic E-state index is 12.4. The van der Waals surface area contributed by atoms with Crippen molar-refractivity contribution in [3.05, 3.63) is 107 Å². The molecule has 0 aliphatic rings. The molecule has 37 heavy (non-hydrogen) atoms. The summed E-state index contributed by atoms with van der Waals surface area (Å²) in [5.74, 6) is -2.02. The van der Waals surface area contributed by atoms with Gasteiger partial charge in [0.05, 0.1) is 11.1 Å². The fourth-order valence-corrected chi connectivity index (χ4v) is 5.12. The van der Waals surface area contributed by atoms with Crippen molar-refractivity contribution in [2.75, 3.05) is 0 Å². The smallest absolute Gasteiger partial charge is 0.336 e. The van der Waals surface area contributed by atoms with Crippen LogP contribution in [0.5, 0.6) is 0 Å². The number of hydrogen-bond donors (Lipinski definition) is 2. The Morgan fingerprint density at radius 2 is 1.11 bits per heavy atom.